The number of hydrogen-bond acceptors (Lipinski definition) is 2. The van der Waals surface area contributed by atoms with E-state index in [2.05, 4.69) is 67.6 Å². The van der Waals surface area contributed by atoms with Gasteiger partial charge in [-0.3, -0.25) is 4.79 Å². The van der Waals surface area contributed by atoms with E-state index in [4.69, 9.17) is 4.74 Å². The van der Waals surface area contributed by atoms with Gasteiger partial charge in [0.1, 0.15) is 6.10 Å². The van der Waals surface area contributed by atoms with Crippen LogP contribution in [-0.2, 0) is 9.53 Å². The fourth-order valence-corrected chi connectivity index (χ4v) is 7.16. The average molecular weight is 340 g/mol. The maximum Gasteiger partial charge on any atom is 0.302 e. The summed E-state index contributed by atoms with van der Waals surface area (Å²) in [4.78, 5) is 11.4. The zero-order valence-corrected chi connectivity index (χ0v) is 15.3. The first-order chi connectivity index (χ1) is 11.7. The third-order valence-electron chi connectivity index (χ3n) is 4.89. The number of benzene rings is 2. The van der Waals surface area contributed by atoms with Gasteiger partial charge in [-0.2, -0.15) is 0 Å². The normalized spacial score (nSPS) is 21.6. The fraction of sp³-hybridized carbons (Fsp3) is 0.381. The average Bonchev–Trinajstić information content (AvgIpc) is 3.06. The number of carbonyl (C=O) groups excluding carboxylic acids is 1. The van der Waals surface area contributed by atoms with Crippen molar-refractivity contribution >= 4 is 24.5 Å². The third kappa shape index (κ3) is 3.87. The fourth-order valence-electron chi connectivity index (χ4n) is 3.90. The van der Waals surface area contributed by atoms with Crippen LogP contribution < -0.4 is 10.6 Å². The van der Waals surface area contributed by atoms with Crippen molar-refractivity contribution in [3.63, 3.8) is 0 Å². The first-order valence-electron chi connectivity index (χ1n) is 8.73. The highest BCUT2D eigenvalue weighted by Crippen LogP contribution is 2.51. The summed E-state index contributed by atoms with van der Waals surface area (Å²) in [7, 11) is -0.440. The summed E-state index contributed by atoms with van der Waals surface area (Å²) in [5, 5.41) is 2.84. The van der Waals surface area contributed by atoms with E-state index in [-0.39, 0.29) is 12.1 Å². The highest BCUT2D eigenvalue weighted by Gasteiger charge is 2.39. The minimum absolute atomic E-state index is 0.00701. The van der Waals surface area contributed by atoms with Crippen LogP contribution in [0.1, 0.15) is 33.1 Å². The van der Waals surface area contributed by atoms with E-state index in [1.165, 1.54) is 30.4 Å². The molecular weight excluding hydrogens is 315 g/mol. The lowest BCUT2D eigenvalue weighted by molar-refractivity contribution is -0.147. The highest BCUT2D eigenvalue weighted by molar-refractivity contribution is 7.73. The van der Waals surface area contributed by atoms with Crippen molar-refractivity contribution in [3.8, 4) is 0 Å². The third-order valence-corrected chi connectivity index (χ3v) is 7.90. The number of carbonyl (C=O) groups is 1. The number of ether oxygens (including phenoxy) is 1. The molecule has 1 aliphatic rings. The molecule has 24 heavy (non-hydrogen) atoms. The van der Waals surface area contributed by atoms with Gasteiger partial charge in [-0.15, -0.1) is 0 Å². The molecule has 0 saturated heterocycles. The molecule has 0 aliphatic heterocycles. The summed E-state index contributed by atoms with van der Waals surface area (Å²) in [5.74, 6) is 0.275. The van der Waals surface area contributed by atoms with Gasteiger partial charge in [0.25, 0.3) is 0 Å². The lowest BCUT2D eigenvalue weighted by Gasteiger charge is -2.33. The van der Waals surface area contributed by atoms with Crippen LogP contribution in [0.5, 0.6) is 0 Å². The van der Waals surface area contributed by atoms with Gasteiger partial charge < -0.3 is 4.74 Å². The van der Waals surface area contributed by atoms with Crippen molar-refractivity contribution in [1.82, 2.24) is 0 Å². The lowest BCUT2D eigenvalue weighted by Crippen LogP contribution is -2.32. The Labute approximate surface area is 146 Å². The quantitative estimate of drug-likeness (QED) is 0.601. The SMILES string of the molecule is CC(=O)O[C@H](C)[C@@H]1CCCC1P(c1ccccc1)c1ccccc1. The largest absolute Gasteiger partial charge is 0.463 e. The minimum atomic E-state index is -0.440. The molecule has 0 heterocycles. The van der Waals surface area contributed by atoms with Crippen molar-refractivity contribution in [2.75, 3.05) is 0 Å². The monoisotopic (exact) mass is 340 g/mol. The molecule has 126 valence electrons. The topological polar surface area (TPSA) is 26.3 Å². The van der Waals surface area contributed by atoms with Gasteiger partial charge >= 0.3 is 5.97 Å². The lowest BCUT2D eigenvalue weighted by atomic mass is 10.0. The van der Waals surface area contributed by atoms with E-state index in [1.54, 1.807) is 0 Å². The highest BCUT2D eigenvalue weighted by atomic mass is 31.1. The molecule has 2 nitrogen and oxygen atoms in total. The molecule has 1 saturated carbocycles. The van der Waals surface area contributed by atoms with Crippen LogP contribution in [0.4, 0.5) is 0 Å². The van der Waals surface area contributed by atoms with E-state index >= 15 is 0 Å². The van der Waals surface area contributed by atoms with Crippen molar-refractivity contribution in [1.29, 1.82) is 0 Å². The van der Waals surface area contributed by atoms with Crippen molar-refractivity contribution in [3.05, 3.63) is 60.7 Å². The van der Waals surface area contributed by atoms with Gasteiger partial charge in [0.2, 0.25) is 0 Å². The van der Waals surface area contributed by atoms with Crippen LogP contribution in [0.25, 0.3) is 0 Å². The molecule has 0 bridgehead atoms. The van der Waals surface area contributed by atoms with Gasteiger partial charge in [-0.05, 0) is 44.0 Å². The summed E-state index contributed by atoms with van der Waals surface area (Å²) < 4.78 is 5.56. The van der Waals surface area contributed by atoms with E-state index in [1.807, 2.05) is 0 Å². The van der Waals surface area contributed by atoms with Crippen LogP contribution in [-0.4, -0.2) is 17.7 Å². The van der Waals surface area contributed by atoms with Gasteiger partial charge in [0.15, 0.2) is 0 Å². The summed E-state index contributed by atoms with van der Waals surface area (Å²) >= 11 is 0. The standard InChI is InChI=1S/C21H25O2P/c1-16(23-17(2)22)20-14-9-15-21(20)24(18-10-5-3-6-11-18)19-12-7-4-8-13-19/h3-8,10-13,16,20-21H,9,14-15H2,1-2H3/t16-,20+,21?/m1/s1. The maximum absolute atomic E-state index is 11.4. The smallest absolute Gasteiger partial charge is 0.302 e. The van der Waals surface area contributed by atoms with Crippen LogP contribution in [0.2, 0.25) is 0 Å². The number of esters is 1. The second-order valence-electron chi connectivity index (χ2n) is 6.52. The molecule has 0 spiro atoms. The van der Waals surface area contributed by atoms with Crippen LogP contribution in [0.15, 0.2) is 60.7 Å². The second kappa shape index (κ2) is 7.94. The molecule has 0 aromatic heterocycles. The van der Waals surface area contributed by atoms with Crippen molar-refractivity contribution in [2.45, 2.75) is 44.9 Å². The second-order valence-corrected chi connectivity index (χ2v) is 8.95. The molecule has 3 atom stereocenters. The predicted molar refractivity (Wildman–Crippen MR) is 101 cm³/mol. The molecule has 1 aliphatic carbocycles. The molecular formula is C21H25O2P. The van der Waals surface area contributed by atoms with Gasteiger partial charge in [-0.1, -0.05) is 67.1 Å². The van der Waals surface area contributed by atoms with E-state index in [0.717, 1.165) is 6.42 Å². The molecule has 0 radical (unpaired) electrons. The molecule has 3 heteroatoms. The summed E-state index contributed by atoms with van der Waals surface area (Å²) in [6.45, 7) is 3.57. The minimum Gasteiger partial charge on any atom is -0.463 e. The Hall–Kier alpha value is -1.66. The van der Waals surface area contributed by atoms with Crippen LogP contribution in [0.3, 0.4) is 0 Å². The molecule has 0 N–H and O–H groups in total. The van der Waals surface area contributed by atoms with Gasteiger partial charge in [0, 0.05) is 12.8 Å². The van der Waals surface area contributed by atoms with Crippen LogP contribution in [0, 0.1) is 5.92 Å². The van der Waals surface area contributed by atoms with E-state index < -0.39 is 7.92 Å². The van der Waals surface area contributed by atoms with Crippen molar-refractivity contribution < 1.29 is 9.53 Å². The van der Waals surface area contributed by atoms with Gasteiger partial charge in [-0.25, -0.2) is 0 Å². The van der Waals surface area contributed by atoms with E-state index in [9.17, 15) is 4.79 Å². The molecule has 1 fully saturated rings. The Morgan fingerprint density at radius 1 is 1.00 bits per heavy atom. The zero-order chi connectivity index (χ0) is 16.9. The molecule has 0 amide bonds. The molecule has 2 aromatic carbocycles. The number of hydrogen-bond donors (Lipinski definition) is 0. The Kier molecular flexibility index (Phi) is 5.68. The summed E-state index contributed by atoms with van der Waals surface area (Å²) in [6.07, 6.45) is 3.58. The predicted octanol–water partition coefficient (Wildman–Crippen LogP) is 4.24. The Balaban J connectivity index is 1.94. The maximum atomic E-state index is 11.4. The van der Waals surface area contributed by atoms with E-state index in [0.29, 0.717) is 11.6 Å². The van der Waals surface area contributed by atoms with Gasteiger partial charge in [0.05, 0.1) is 0 Å². The summed E-state index contributed by atoms with van der Waals surface area (Å²) in [6, 6.07) is 21.7. The van der Waals surface area contributed by atoms with Crippen molar-refractivity contribution in [2.24, 2.45) is 5.92 Å². The Morgan fingerprint density at radius 3 is 2.04 bits per heavy atom. The molecule has 2 aromatic rings. The molecule has 3 rings (SSSR count). The van der Waals surface area contributed by atoms with Crippen LogP contribution >= 0.6 is 7.92 Å². The number of rotatable bonds is 5. The first kappa shape index (κ1) is 17.2. The Bertz CT molecular complexity index is 617. The Morgan fingerprint density at radius 2 is 1.54 bits per heavy atom. The molecule has 1 unspecified atom stereocenters. The summed E-state index contributed by atoms with van der Waals surface area (Å²) in [5.41, 5.74) is 0.569. The zero-order valence-electron chi connectivity index (χ0n) is 14.4. The first-order valence-corrected chi connectivity index (χ1v) is 10.1.